The highest BCUT2D eigenvalue weighted by molar-refractivity contribution is 6.15. The first-order chi connectivity index (χ1) is 11.8. The number of hydrogen-bond donors (Lipinski definition) is 1. The van der Waals surface area contributed by atoms with Crippen molar-refractivity contribution in [2.45, 2.75) is 32.8 Å². The molecule has 0 radical (unpaired) electrons. The molecule has 1 aliphatic carbocycles. The van der Waals surface area contributed by atoms with Crippen LogP contribution in [0.25, 0.3) is 16.5 Å². The predicted molar refractivity (Wildman–Crippen MR) is 94.9 cm³/mol. The van der Waals surface area contributed by atoms with Crippen LogP contribution in [0.4, 0.5) is 0 Å². The quantitative estimate of drug-likeness (QED) is 0.914. The Hall–Kier alpha value is -2.46. The van der Waals surface area contributed by atoms with Crippen molar-refractivity contribution in [3.8, 4) is 0 Å². The van der Waals surface area contributed by atoms with Gasteiger partial charge in [-0.3, -0.25) is 9.59 Å². The van der Waals surface area contributed by atoms with Gasteiger partial charge in [-0.05, 0) is 30.2 Å². The molecule has 0 amide bonds. The molecule has 1 N–H and O–H groups in total. The summed E-state index contributed by atoms with van der Waals surface area (Å²) in [6.07, 6.45) is -0.227. The summed E-state index contributed by atoms with van der Waals surface area (Å²) >= 11 is 0. The first-order valence-electron chi connectivity index (χ1n) is 8.51. The number of carbonyl (C=O) groups is 2. The van der Waals surface area contributed by atoms with Crippen LogP contribution in [-0.4, -0.2) is 23.3 Å². The van der Waals surface area contributed by atoms with Gasteiger partial charge in [0.1, 0.15) is 11.5 Å². The number of aliphatic hydroxyl groups is 1. The van der Waals surface area contributed by atoms with Crippen LogP contribution in [0.2, 0.25) is 0 Å². The molecule has 128 valence electrons. The number of ether oxygens (including phenoxy) is 1. The monoisotopic (exact) mass is 336 g/mol. The van der Waals surface area contributed by atoms with E-state index in [1.165, 1.54) is 6.92 Å². The van der Waals surface area contributed by atoms with Gasteiger partial charge in [-0.1, -0.05) is 37.3 Å². The first-order valence-corrected chi connectivity index (χ1v) is 8.51. The van der Waals surface area contributed by atoms with Gasteiger partial charge < -0.3 is 9.84 Å². The van der Waals surface area contributed by atoms with Gasteiger partial charge in [-0.25, -0.2) is 0 Å². The van der Waals surface area contributed by atoms with Crippen LogP contribution in [0.3, 0.4) is 0 Å². The van der Waals surface area contributed by atoms with E-state index in [1.54, 1.807) is 0 Å². The second-order valence-corrected chi connectivity index (χ2v) is 7.18. The standard InChI is InChI=1S/C21H20O4/c1-11-5-4-6-15-14(11)7-8-16-18(15)21(24,9-13(3)22)20(23)17-12(2)10-25-19(16)17/h4-8,12,24H,9-10H2,1-3H3/t12-,21-/m0/s1. The number of ketones is 2. The van der Waals surface area contributed by atoms with Crippen molar-refractivity contribution in [1.29, 1.82) is 0 Å². The Morgan fingerprint density at radius 1 is 1.28 bits per heavy atom. The molecule has 1 heterocycles. The summed E-state index contributed by atoms with van der Waals surface area (Å²) in [5.74, 6) is -0.155. The second-order valence-electron chi connectivity index (χ2n) is 7.18. The molecular formula is C21H20O4. The molecule has 4 rings (SSSR count). The van der Waals surface area contributed by atoms with E-state index in [9.17, 15) is 14.7 Å². The fourth-order valence-electron chi connectivity index (χ4n) is 4.16. The first kappa shape index (κ1) is 16.0. The molecule has 0 fully saturated rings. The second kappa shape index (κ2) is 5.27. The van der Waals surface area contributed by atoms with E-state index in [4.69, 9.17) is 4.74 Å². The van der Waals surface area contributed by atoms with Gasteiger partial charge in [-0.15, -0.1) is 0 Å². The molecule has 4 nitrogen and oxygen atoms in total. The highest BCUT2D eigenvalue weighted by atomic mass is 16.5. The van der Waals surface area contributed by atoms with Crippen LogP contribution in [0.5, 0.6) is 0 Å². The Balaban J connectivity index is 2.13. The predicted octanol–water partition coefficient (Wildman–Crippen LogP) is 3.28. The van der Waals surface area contributed by atoms with Crippen molar-refractivity contribution >= 4 is 28.1 Å². The lowest BCUT2D eigenvalue weighted by atomic mass is 9.71. The molecule has 1 aliphatic heterocycles. The molecule has 0 bridgehead atoms. The molecule has 2 aromatic carbocycles. The maximum Gasteiger partial charge on any atom is 0.199 e. The van der Waals surface area contributed by atoms with Crippen molar-refractivity contribution in [3.63, 3.8) is 0 Å². The van der Waals surface area contributed by atoms with Crippen LogP contribution in [0, 0.1) is 12.8 Å². The van der Waals surface area contributed by atoms with Gasteiger partial charge in [0.2, 0.25) is 0 Å². The molecular weight excluding hydrogens is 316 g/mol. The molecule has 0 saturated heterocycles. The molecule has 0 unspecified atom stereocenters. The van der Waals surface area contributed by atoms with E-state index < -0.39 is 11.4 Å². The number of aryl methyl sites for hydroxylation is 1. The fourth-order valence-corrected chi connectivity index (χ4v) is 4.16. The summed E-state index contributed by atoms with van der Waals surface area (Å²) < 4.78 is 5.81. The van der Waals surface area contributed by atoms with Gasteiger partial charge >= 0.3 is 0 Å². The lowest BCUT2D eigenvalue weighted by Crippen LogP contribution is -2.42. The van der Waals surface area contributed by atoms with Crippen LogP contribution < -0.4 is 0 Å². The topological polar surface area (TPSA) is 63.6 Å². The molecule has 0 spiro atoms. The van der Waals surface area contributed by atoms with Gasteiger partial charge in [0.05, 0.1) is 6.61 Å². The van der Waals surface area contributed by atoms with Crippen LogP contribution >= 0.6 is 0 Å². The summed E-state index contributed by atoms with van der Waals surface area (Å²) in [6, 6.07) is 9.67. The summed E-state index contributed by atoms with van der Waals surface area (Å²) in [4.78, 5) is 25.1. The smallest absolute Gasteiger partial charge is 0.199 e. The highest BCUT2D eigenvalue weighted by Crippen LogP contribution is 2.49. The Kier molecular flexibility index (Phi) is 3.38. The third-order valence-corrected chi connectivity index (χ3v) is 5.28. The van der Waals surface area contributed by atoms with Crippen molar-refractivity contribution < 1.29 is 19.4 Å². The number of rotatable bonds is 2. The average Bonchev–Trinajstić information content (AvgIpc) is 2.93. The minimum atomic E-state index is -1.84. The lowest BCUT2D eigenvalue weighted by molar-refractivity contribution is -0.140. The largest absolute Gasteiger partial charge is 0.492 e. The third kappa shape index (κ3) is 2.10. The average molecular weight is 336 g/mol. The number of hydrogen-bond acceptors (Lipinski definition) is 4. The van der Waals surface area contributed by atoms with Gasteiger partial charge in [0.25, 0.3) is 0 Å². The zero-order valence-corrected chi connectivity index (χ0v) is 14.6. The number of carbonyl (C=O) groups excluding carboxylic acids is 2. The Morgan fingerprint density at radius 2 is 2.04 bits per heavy atom. The summed E-state index contributed by atoms with van der Waals surface area (Å²) in [6.45, 7) is 5.71. The zero-order chi connectivity index (χ0) is 17.9. The Morgan fingerprint density at radius 3 is 2.76 bits per heavy atom. The Labute approximate surface area is 146 Å². The summed E-state index contributed by atoms with van der Waals surface area (Å²) in [5, 5.41) is 13.2. The highest BCUT2D eigenvalue weighted by Gasteiger charge is 2.51. The molecule has 0 aromatic heterocycles. The van der Waals surface area contributed by atoms with Crippen molar-refractivity contribution in [1.82, 2.24) is 0 Å². The summed E-state index contributed by atoms with van der Waals surface area (Å²) in [7, 11) is 0. The van der Waals surface area contributed by atoms with E-state index in [1.807, 2.05) is 44.2 Å². The van der Waals surface area contributed by atoms with Crippen LogP contribution in [0.15, 0.2) is 35.9 Å². The maximum atomic E-state index is 13.2. The molecule has 0 saturated carbocycles. The molecule has 2 atom stereocenters. The molecule has 2 aliphatic rings. The SMILES string of the molecule is CC(=O)C[C@@]1(O)C(=O)C2=C(OC[C@@H]2C)c2ccc3c(C)cccc3c21. The van der Waals surface area contributed by atoms with Crippen molar-refractivity contribution in [2.24, 2.45) is 5.92 Å². The molecule has 2 aromatic rings. The molecule has 4 heteroatoms. The van der Waals surface area contributed by atoms with Crippen LogP contribution in [0.1, 0.15) is 37.0 Å². The van der Waals surface area contributed by atoms with Crippen LogP contribution in [-0.2, 0) is 19.9 Å². The van der Waals surface area contributed by atoms with Gasteiger partial charge in [0, 0.05) is 29.0 Å². The number of Topliss-reactive ketones (excluding diaryl/α,β-unsaturated/α-hetero) is 2. The third-order valence-electron chi connectivity index (χ3n) is 5.28. The maximum absolute atomic E-state index is 13.2. The normalized spacial score (nSPS) is 25.0. The molecule has 25 heavy (non-hydrogen) atoms. The van der Waals surface area contributed by atoms with E-state index in [0.29, 0.717) is 23.5 Å². The number of benzene rings is 2. The lowest BCUT2D eigenvalue weighted by Gasteiger charge is -2.34. The summed E-state index contributed by atoms with van der Waals surface area (Å²) in [5.41, 5.74) is 0.944. The Bertz CT molecular complexity index is 969. The number of fused-ring (bicyclic) bond motifs is 4. The van der Waals surface area contributed by atoms with E-state index >= 15 is 0 Å². The van der Waals surface area contributed by atoms with Crippen molar-refractivity contribution in [2.75, 3.05) is 6.61 Å². The van der Waals surface area contributed by atoms with Gasteiger partial charge in [0.15, 0.2) is 11.4 Å². The fraction of sp³-hybridized carbons (Fsp3) is 0.333. The minimum Gasteiger partial charge on any atom is -0.492 e. The van der Waals surface area contributed by atoms with Gasteiger partial charge in [-0.2, -0.15) is 0 Å². The van der Waals surface area contributed by atoms with Crippen molar-refractivity contribution in [3.05, 3.63) is 52.6 Å². The van der Waals surface area contributed by atoms with E-state index in [-0.39, 0.29) is 18.1 Å². The zero-order valence-electron chi connectivity index (χ0n) is 14.6. The minimum absolute atomic E-state index is 0.0951. The van der Waals surface area contributed by atoms with E-state index in [2.05, 4.69) is 0 Å². The van der Waals surface area contributed by atoms with E-state index in [0.717, 1.165) is 21.9 Å².